The smallest absolute Gasteiger partial charge is 0.272 e. The van der Waals surface area contributed by atoms with E-state index in [2.05, 4.69) is 15.6 Å². The van der Waals surface area contributed by atoms with E-state index >= 15 is 0 Å². The zero-order valence-corrected chi connectivity index (χ0v) is 15.6. The molecule has 1 aromatic heterocycles. The molecular formula is C24H19N3O2. The highest BCUT2D eigenvalue weighted by Crippen LogP contribution is 2.20. The molecular weight excluding hydrogens is 362 g/mol. The van der Waals surface area contributed by atoms with E-state index in [1.807, 2.05) is 78.9 Å². The van der Waals surface area contributed by atoms with Crippen LogP contribution in [0.4, 0.5) is 11.4 Å². The lowest BCUT2D eigenvalue weighted by molar-refractivity contribution is 0.101. The number of nitrogens with one attached hydrogen (secondary N) is 3. The van der Waals surface area contributed by atoms with Crippen molar-refractivity contribution in [2.45, 2.75) is 0 Å². The number of hydrogen-bond donors (Lipinski definition) is 3. The Balaban J connectivity index is 1.44. The van der Waals surface area contributed by atoms with E-state index < -0.39 is 0 Å². The molecule has 4 aromatic rings. The van der Waals surface area contributed by atoms with Crippen LogP contribution >= 0.6 is 0 Å². The third-order valence-electron chi connectivity index (χ3n) is 4.45. The van der Waals surface area contributed by atoms with Crippen molar-refractivity contribution in [2.75, 3.05) is 10.6 Å². The number of rotatable bonds is 5. The quantitative estimate of drug-likeness (QED) is 0.445. The molecule has 2 amide bonds. The summed E-state index contributed by atoms with van der Waals surface area (Å²) >= 11 is 0. The van der Waals surface area contributed by atoms with E-state index in [0.717, 1.165) is 22.6 Å². The molecule has 0 saturated carbocycles. The second-order valence-corrected chi connectivity index (χ2v) is 6.50. The van der Waals surface area contributed by atoms with Crippen LogP contribution < -0.4 is 10.6 Å². The van der Waals surface area contributed by atoms with Gasteiger partial charge < -0.3 is 15.6 Å². The first kappa shape index (κ1) is 18.3. The fourth-order valence-electron chi connectivity index (χ4n) is 2.94. The normalized spacial score (nSPS) is 10.3. The molecule has 3 aromatic carbocycles. The Kier molecular flexibility index (Phi) is 5.21. The van der Waals surface area contributed by atoms with Gasteiger partial charge in [-0.2, -0.15) is 0 Å². The molecule has 0 radical (unpaired) electrons. The van der Waals surface area contributed by atoms with E-state index in [1.165, 1.54) is 0 Å². The van der Waals surface area contributed by atoms with Crippen LogP contribution in [0.5, 0.6) is 0 Å². The zero-order valence-electron chi connectivity index (χ0n) is 15.6. The predicted molar refractivity (Wildman–Crippen MR) is 115 cm³/mol. The fraction of sp³-hybridized carbons (Fsp3) is 0. The fourth-order valence-corrected chi connectivity index (χ4v) is 2.94. The molecule has 5 nitrogen and oxygen atoms in total. The summed E-state index contributed by atoms with van der Waals surface area (Å²) in [6.07, 6.45) is 0. The molecule has 0 aliphatic rings. The molecule has 4 rings (SSSR count). The molecule has 0 bridgehead atoms. The minimum atomic E-state index is -0.207. The van der Waals surface area contributed by atoms with Crippen LogP contribution in [-0.2, 0) is 0 Å². The third kappa shape index (κ3) is 4.42. The van der Waals surface area contributed by atoms with Gasteiger partial charge in [0.2, 0.25) is 0 Å². The summed E-state index contributed by atoms with van der Waals surface area (Å²) < 4.78 is 0. The monoisotopic (exact) mass is 381 g/mol. The van der Waals surface area contributed by atoms with Crippen LogP contribution in [0, 0.1) is 0 Å². The lowest BCUT2D eigenvalue weighted by Crippen LogP contribution is -2.12. The van der Waals surface area contributed by atoms with E-state index in [-0.39, 0.29) is 11.8 Å². The molecule has 5 heteroatoms. The number of benzene rings is 3. The van der Waals surface area contributed by atoms with Gasteiger partial charge >= 0.3 is 0 Å². The molecule has 0 saturated heterocycles. The SMILES string of the molecule is O=C(Nc1ccccc1)c1ccc(-c2ccc(C(=O)Nc3ccccc3)[nH]2)cc1. The summed E-state index contributed by atoms with van der Waals surface area (Å²) in [6, 6.07) is 29.4. The van der Waals surface area contributed by atoms with Gasteiger partial charge in [-0.05, 0) is 54.1 Å². The van der Waals surface area contributed by atoms with Crippen molar-refractivity contribution in [2.24, 2.45) is 0 Å². The highest BCUT2D eigenvalue weighted by Gasteiger charge is 2.11. The molecule has 0 fully saturated rings. The Morgan fingerprint density at radius 2 is 1.14 bits per heavy atom. The number of anilines is 2. The van der Waals surface area contributed by atoms with E-state index in [4.69, 9.17) is 0 Å². The second-order valence-electron chi connectivity index (χ2n) is 6.50. The number of aromatic amines is 1. The number of H-pyrrole nitrogens is 1. The van der Waals surface area contributed by atoms with Crippen molar-refractivity contribution in [1.82, 2.24) is 4.98 Å². The number of hydrogen-bond acceptors (Lipinski definition) is 2. The number of carbonyl (C=O) groups excluding carboxylic acids is 2. The summed E-state index contributed by atoms with van der Waals surface area (Å²) in [5.41, 5.74) is 4.21. The Morgan fingerprint density at radius 3 is 1.72 bits per heavy atom. The van der Waals surface area contributed by atoms with Gasteiger partial charge in [-0.25, -0.2) is 0 Å². The summed E-state index contributed by atoms with van der Waals surface area (Å²) in [5, 5.41) is 5.71. The van der Waals surface area contributed by atoms with E-state index in [9.17, 15) is 9.59 Å². The van der Waals surface area contributed by atoms with Crippen LogP contribution in [0.1, 0.15) is 20.8 Å². The Hall–Kier alpha value is -4.12. The van der Waals surface area contributed by atoms with Crippen molar-refractivity contribution in [1.29, 1.82) is 0 Å². The Bertz CT molecular complexity index is 1120. The highest BCUT2D eigenvalue weighted by molar-refractivity contribution is 6.05. The van der Waals surface area contributed by atoms with E-state index in [1.54, 1.807) is 18.2 Å². The van der Waals surface area contributed by atoms with Crippen molar-refractivity contribution in [3.8, 4) is 11.3 Å². The number of aromatic nitrogens is 1. The molecule has 29 heavy (non-hydrogen) atoms. The van der Waals surface area contributed by atoms with Gasteiger partial charge in [-0.3, -0.25) is 9.59 Å². The van der Waals surface area contributed by atoms with Gasteiger partial charge in [-0.1, -0.05) is 48.5 Å². The van der Waals surface area contributed by atoms with E-state index in [0.29, 0.717) is 11.3 Å². The largest absolute Gasteiger partial charge is 0.351 e. The van der Waals surface area contributed by atoms with Crippen LogP contribution in [0.15, 0.2) is 97.1 Å². The molecule has 0 atom stereocenters. The molecule has 0 unspecified atom stereocenters. The minimum absolute atomic E-state index is 0.169. The molecule has 142 valence electrons. The number of carbonyl (C=O) groups is 2. The minimum Gasteiger partial charge on any atom is -0.351 e. The van der Waals surface area contributed by atoms with Gasteiger partial charge in [0.1, 0.15) is 5.69 Å². The predicted octanol–water partition coefficient (Wildman–Crippen LogP) is 5.19. The first-order valence-corrected chi connectivity index (χ1v) is 9.21. The molecule has 0 spiro atoms. The lowest BCUT2D eigenvalue weighted by atomic mass is 10.1. The molecule has 3 N–H and O–H groups in total. The Morgan fingerprint density at radius 1 is 0.586 bits per heavy atom. The van der Waals surface area contributed by atoms with Crippen molar-refractivity contribution >= 4 is 23.2 Å². The topological polar surface area (TPSA) is 74.0 Å². The van der Waals surface area contributed by atoms with Crippen LogP contribution in [0.3, 0.4) is 0 Å². The number of para-hydroxylation sites is 2. The average Bonchev–Trinajstić information content (AvgIpc) is 3.26. The zero-order chi connectivity index (χ0) is 20.1. The maximum Gasteiger partial charge on any atom is 0.272 e. The standard InChI is InChI=1S/C24H19N3O2/c28-23(25-19-7-3-1-4-8-19)18-13-11-17(12-14-18)21-15-16-22(27-21)24(29)26-20-9-5-2-6-10-20/h1-16,27H,(H,25,28)(H,26,29). The molecule has 1 heterocycles. The third-order valence-corrected chi connectivity index (χ3v) is 4.45. The van der Waals surface area contributed by atoms with Crippen LogP contribution in [0.25, 0.3) is 11.3 Å². The van der Waals surface area contributed by atoms with Gasteiger partial charge in [0.25, 0.3) is 11.8 Å². The van der Waals surface area contributed by atoms with Gasteiger partial charge in [0.05, 0.1) is 0 Å². The highest BCUT2D eigenvalue weighted by atomic mass is 16.2. The van der Waals surface area contributed by atoms with Crippen molar-refractivity contribution < 1.29 is 9.59 Å². The summed E-state index contributed by atoms with van der Waals surface area (Å²) in [4.78, 5) is 27.9. The first-order valence-electron chi connectivity index (χ1n) is 9.21. The Labute approximate surface area is 168 Å². The van der Waals surface area contributed by atoms with Crippen molar-refractivity contribution in [3.63, 3.8) is 0 Å². The van der Waals surface area contributed by atoms with Crippen LogP contribution in [0.2, 0.25) is 0 Å². The van der Waals surface area contributed by atoms with Crippen molar-refractivity contribution in [3.05, 3.63) is 108 Å². The number of amides is 2. The van der Waals surface area contributed by atoms with Crippen LogP contribution in [-0.4, -0.2) is 16.8 Å². The van der Waals surface area contributed by atoms with Gasteiger partial charge in [0, 0.05) is 22.6 Å². The maximum absolute atomic E-state index is 12.4. The summed E-state index contributed by atoms with van der Waals surface area (Å²) in [5.74, 6) is -0.376. The average molecular weight is 381 g/mol. The van der Waals surface area contributed by atoms with Gasteiger partial charge in [0.15, 0.2) is 0 Å². The first-order chi connectivity index (χ1) is 14.2. The second kappa shape index (κ2) is 8.27. The molecule has 0 aliphatic heterocycles. The summed E-state index contributed by atoms with van der Waals surface area (Å²) in [7, 11) is 0. The van der Waals surface area contributed by atoms with Gasteiger partial charge in [-0.15, -0.1) is 0 Å². The maximum atomic E-state index is 12.4. The molecule has 0 aliphatic carbocycles. The summed E-state index contributed by atoms with van der Waals surface area (Å²) in [6.45, 7) is 0. The lowest BCUT2D eigenvalue weighted by Gasteiger charge is -2.06.